The molecule has 35 atom stereocenters. The molecule has 0 aromatic carbocycles. The molecular weight excluding hydrogens is 1510 g/mol. The number of aliphatic hydroxyl groups is 17. The maximum atomic E-state index is 13.2. The van der Waals surface area contributed by atoms with E-state index in [4.69, 9.17) is 73.7 Å². The molecule has 6 aliphatic heterocycles. The minimum absolute atomic E-state index is 0.660. The molecule has 0 radical (unpaired) electrons. The minimum atomic E-state index is -5.49. The van der Waals surface area contributed by atoms with Gasteiger partial charge in [-0.05, 0) is 0 Å². The van der Waals surface area contributed by atoms with Gasteiger partial charge in [-0.25, -0.2) is 22.8 Å². The van der Waals surface area contributed by atoms with Crippen molar-refractivity contribution in [2.75, 3.05) is 79.3 Å². The summed E-state index contributed by atoms with van der Waals surface area (Å²) in [5.74, 6) is -2.41. The van der Waals surface area contributed by atoms with Crippen LogP contribution in [-0.2, 0) is 111 Å². The Hall–Kier alpha value is -1.96. The van der Waals surface area contributed by atoms with Crippen molar-refractivity contribution in [3.63, 3.8) is 0 Å². The van der Waals surface area contributed by atoms with Gasteiger partial charge >= 0.3 is 39.1 Å². The predicted octanol–water partition coefficient (Wildman–Crippen LogP) is -12.8. The minimum Gasteiger partial charge on any atom is -0.394 e. The lowest BCUT2D eigenvalue weighted by Gasteiger charge is -2.43. The van der Waals surface area contributed by atoms with E-state index in [2.05, 4.69) is 16.0 Å². The van der Waals surface area contributed by atoms with Gasteiger partial charge in [-0.1, -0.05) is 0 Å². The Morgan fingerprint density at radius 1 is 0.255 bits per heavy atom. The zero-order valence-corrected chi connectivity index (χ0v) is 58.2. The maximum Gasteiger partial charge on any atom is 0.472 e. The van der Waals surface area contributed by atoms with Gasteiger partial charge in [0.25, 0.3) is 0 Å². The molecule has 54 heteroatoms. The molecule has 49 nitrogen and oxygen atoms in total. The lowest BCUT2D eigenvalue weighted by Crippen LogP contribution is -2.65. The number of aliphatic hydroxyl groups excluding tert-OH is 17. The van der Waals surface area contributed by atoms with Crippen LogP contribution < -0.4 is 16.0 Å². The first kappa shape index (κ1) is 88.9. The molecule has 102 heavy (non-hydrogen) atoms. The lowest BCUT2D eigenvalue weighted by atomic mass is 9.93. The van der Waals surface area contributed by atoms with Gasteiger partial charge in [0.05, 0.1) is 97.4 Å². The van der Waals surface area contributed by atoms with E-state index in [1.165, 1.54) is 0 Å². The summed E-state index contributed by atoms with van der Waals surface area (Å²) < 4.78 is 147. The summed E-state index contributed by atoms with van der Waals surface area (Å²) in [6, 6.07) is -4.69. The van der Waals surface area contributed by atoms with Crippen LogP contribution >= 0.6 is 39.1 Å². The highest BCUT2D eigenvalue weighted by Crippen LogP contribution is 2.50. The molecule has 0 saturated carbocycles. The summed E-state index contributed by atoms with van der Waals surface area (Å²) in [7, 11) is -26.9. The highest BCUT2D eigenvalue weighted by Gasteiger charge is 2.53. The Kier molecular flexibility index (Phi) is 33.2. The topological polar surface area (TPSA) is 765 Å². The number of phosphoric ester groups is 5. The average molecular weight is 1600 g/mol. The zero-order valence-electron chi connectivity index (χ0n) is 53.7. The highest BCUT2D eigenvalue weighted by molar-refractivity contribution is 7.48. The fourth-order valence-electron chi connectivity index (χ4n) is 11.0. The van der Waals surface area contributed by atoms with Gasteiger partial charge in [-0.3, -0.25) is 59.6 Å². The molecule has 5 unspecified atom stereocenters. The number of hydrogen-bond acceptors (Lipinski definition) is 41. The predicted molar refractivity (Wildman–Crippen MR) is 318 cm³/mol. The Labute approximate surface area is 576 Å². The van der Waals surface area contributed by atoms with Crippen molar-refractivity contribution in [1.82, 2.24) is 16.0 Å². The average Bonchev–Trinajstić information content (AvgIpc) is 0.805. The summed E-state index contributed by atoms with van der Waals surface area (Å²) in [5, 5.41) is 185. The Bertz CT molecular complexity index is 2950. The first-order valence-electron chi connectivity index (χ1n) is 30.6. The quantitative estimate of drug-likeness (QED) is 0.0262. The fraction of sp³-hybridized carbons (Fsp3) is 0.938. The van der Waals surface area contributed by atoms with E-state index >= 15 is 0 Å². The van der Waals surface area contributed by atoms with E-state index in [1.54, 1.807) is 0 Å². The molecule has 0 spiro atoms. The fourth-order valence-corrected chi connectivity index (χ4v) is 14.7. The van der Waals surface area contributed by atoms with E-state index < -0.39 is 319 Å². The van der Waals surface area contributed by atoms with Gasteiger partial charge in [-0.2, -0.15) is 0 Å². The molecule has 6 aliphatic rings. The van der Waals surface area contributed by atoms with Crippen LogP contribution in [0.3, 0.4) is 0 Å². The first-order chi connectivity index (χ1) is 47.3. The lowest BCUT2D eigenvalue weighted by molar-refractivity contribution is -0.235. The number of carbonyl (C=O) groups is 3. The van der Waals surface area contributed by atoms with E-state index in [1.807, 2.05) is 0 Å². The molecule has 6 fully saturated rings. The second-order valence-corrected chi connectivity index (χ2v) is 31.2. The molecule has 3 amide bonds. The summed E-state index contributed by atoms with van der Waals surface area (Å²) >= 11 is 0. The number of rotatable bonds is 35. The first-order valence-corrected chi connectivity index (χ1v) is 38.1. The number of ether oxygens (including phenoxy) is 6. The molecule has 0 aromatic heterocycles. The van der Waals surface area contributed by atoms with Crippen LogP contribution in [0.1, 0.15) is 20.8 Å². The van der Waals surface area contributed by atoms with Gasteiger partial charge < -0.3 is 156 Å². The summed E-state index contributed by atoms with van der Waals surface area (Å²) in [6.07, 6.45) is -51.4. The smallest absolute Gasteiger partial charge is 0.394 e. The van der Waals surface area contributed by atoms with Gasteiger partial charge in [-0.15, -0.1) is 0 Å². The van der Waals surface area contributed by atoms with Crippen LogP contribution in [0.15, 0.2) is 0 Å². The van der Waals surface area contributed by atoms with Crippen molar-refractivity contribution in [2.24, 2.45) is 0 Å². The molecule has 0 aromatic rings. The molecule has 6 heterocycles. The summed E-state index contributed by atoms with van der Waals surface area (Å²) in [5.41, 5.74) is 0. The van der Waals surface area contributed by atoms with Gasteiger partial charge in [0.2, 0.25) is 17.7 Å². The van der Waals surface area contributed by atoms with Crippen molar-refractivity contribution in [3.05, 3.63) is 0 Å². The Balaban J connectivity index is 0.983. The largest absolute Gasteiger partial charge is 0.472 e. The monoisotopic (exact) mass is 1600 g/mol. The summed E-state index contributed by atoms with van der Waals surface area (Å²) in [6.45, 7) is -10.1. The van der Waals surface area contributed by atoms with Crippen LogP contribution in [0.25, 0.3) is 0 Å². The Morgan fingerprint density at radius 2 is 0.402 bits per heavy atom. The van der Waals surface area contributed by atoms with Crippen molar-refractivity contribution in [1.29, 1.82) is 0 Å². The highest BCUT2D eigenvalue weighted by atomic mass is 31.2. The third kappa shape index (κ3) is 24.5. The molecule has 0 aliphatic carbocycles. The van der Waals surface area contributed by atoms with Gasteiger partial charge in [0.15, 0.2) is 0 Å². The number of amides is 3. The number of carbonyl (C=O) groups excluding carboxylic acids is 3. The normalized spacial score (nSPS) is 42.1. The SMILES string of the molecule is CC(=O)N[C@@H]1[C@@H](O)[C@H](O)[C@@H](COP(=O)(O)OC[C@@H]2O[C@H](COP(=O)(O)OC[C@@H]3O[C@H](COP(=O)(O)OC[C@@H]4O[C@H](COP(=O)(O)OC[C@@H]5O[C@H](COP(=O)(O)OC[C@@H]6O[C@H](CO)[C@@H](O)[C@H](O)[C@H]6O)[C@@H](O)[C@H](O)[C@H]5NC(C)=O)[C@@H](O)[C@H](O)[C@H]4O)[C@@H](O)[C@H](O)[C@H]3NC(C)=O)[C@@H](O)[C@H](O)[C@H]2O)O[C@H]1CO. The molecule has 6 saturated heterocycles. The van der Waals surface area contributed by atoms with Crippen molar-refractivity contribution in [2.45, 2.75) is 204 Å². The van der Waals surface area contributed by atoms with Crippen molar-refractivity contribution in [3.8, 4) is 0 Å². The second-order valence-electron chi connectivity index (χ2n) is 24.0. The van der Waals surface area contributed by atoms with E-state index in [0.717, 1.165) is 20.8 Å². The van der Waals surface area contributed by atoms with Crippen LogP contribution in [0.5, 0.6) is 0 Å². The van der Waals surface area contributed by atoms with E-state index in [9.17, 15) is 148 Å². The van der Waals surface area contributed by atoms with Crippen LogP contribution in [0.2, 0.25) is 0 Å². The van der Waals surface area contributed by atoms with Gasteiger partial charge in [0.1, 0.15) is 165 Å². The van der Waals surface area contributed by atoms with Crippen LogP contribution in [0, 0.1) is 0 Å². The second kappa shape index (κ2) is 38.1. The van der Waals surface area contributed by atoms with Crippen molar-refractivity contribution >= 4 is 56.8 Å². The Morgan fingerprint density at radius 3 is 0.598 bits per heavy atom. The van der Waals surface area contributed by atoms with Gasteiger partial charge in [0, 0.05) is 20.8 Å². The third-order valence-electron chi connectivity index (χ3n) is 16.5. The summed E-state index contributed by atoms with van der Waals surface area (Å²) in [4.78, 5) is 88.5. The van der Waals surface area contributed by atoms with E-state index in [-0.39, 0.29) is 0 Å². The molecule has 6 rings (SSSR count). The standard InChI is InChI=1S/C48H88N3O46P5/c1-16(54)49-31-19(4-52)92-23(35(58)43(31)66)8-84-100(76,77)90-14-29-41(64)47(70)39(62)27(96-29)12-88-99(74,75)83-7-22-33(51-18(3)56)45(68)37(60)25(95-22)10-86-102(80,81)91-15-30-42(65)48(71)40(63)28(97-30)13-89-98(72,73)82-6-21-32(50-17(2)55)44(67)36(59)24(94-21)9-85-101(78,79)87-11-26-38(61)46(69)34(57)20(5-53)93-26/h19-48,52-53,57-71H,4-15H2,1-3H3,(H,49,54)(H,50,55)(H,51,56)(H,72,73)(H,74,75)(H,76,77)(H,78,79)(H,80,81)/t19-,20+,21-,22-,23+,24+,25+,26-,27+,28+,29-,30-,31-,32-,33-,34+,35+,36+,37+,38-,39+,40+,41-,42-,43+,44+,45+,46-,47-,48-/m0/s1. The number of hydrogen-bond donors (Lipinski definition) is 25. The third-order valence-corrected chi connectivity index (χ3v) is 21.2. The molecule has 596 valence electrons. The van der Waals surface area contributed by atoms with E-state index in [0.29, 0.717) is 0 Å². The maximum absolute atomic E-state index is 13.2. The molecule has 0 bridgehead atoms. The number of nitrogens with one attached hydrogen (secondary N) is 3. The molecular formula is C48H88N3O46P5. The number of phosphoric acid groups is 5. The van der Waals surface area contributed by atoms with Crippen LogP contribution in [-0.4, -0.2) is 391 Å². The van der Waals surface area contributed by atoms with Crippen LogP contribution in [0.4, 0.5) is 0 Å². The zero-order chi connectivity index (χ0) is 76.5. The van der Waals surface area contributed by atoms with Crippen molar-refractivity contribution < 1.29 is 222 Å². The molecule has 25 N–H and O–H groups in total.